The number of benzene rings is 2. The molecule has 1 N–H and O–H groups in total. The van der Waals surface area contributed by atoms with Gasteiger partial charge in [0.15, 0.2) is 5.58 Å². The maximum absolute atomic E-state index is 11.9. The van der Waals surface area contributed by atoms with Gasteiger partial charge in [0.2, 0.25) is 0 Å². The molecule has 0 spiro atoms. The van der Waals surface area contributed by atoms with E-state index in [0.717, 1.165) is 15.5 Å². The number of rotatable bonds is 4. The van der Waals surface area contributed by atoms with Gasteiger partial charge in [-0.1, -0.05) is 34.1 Å². The molecule has 0 bridgehead atoms. The first-order valence-corrected chi connectivity index (χ1v) is 7.02. The van der Waals surface area contributed by atoms with Gasteiger partial charge in [0, 0.05) is 9.86 Å². The number of hydrazone groups is 1. The number of hydrogen-bond donors (Lipinski definition) is 1. The minimum atomic E-state index is -0.411. The number of furan rings is 1. The summed E-state index contributed by atoms with van der Waals surface area (Å²) in [4.78, 5) is 11.9. The van der Waals surface area contributed by atoms with Crippen LogP contribution in [0, 0.1) is 0 Å². The Bertz CT molecular complexity index is 810. The van der Waals surface area contributed by atoms with Gasteiger partial charge in [-0.05, 0) is 35.4 Å². The first-order chi connectivity index (χ1) is 10.2. The number of carbonyl (C=O) groups is 1. The van der Waals surface area contributed by atoms with E-state index in [0.29, 0.717) is 5.58 Å². The highest BCUT2D eigenvalue weighted by molar-refractivity contribution is 9.10. The Kier molecular flexibility index (Phi) is 3.77. The Balaban J connectivity index is 1.74. The molecule has 0 aliphatic heterocycles. The molecular weight excluding hydrogens is 332 g/mol. The largest absolute Gasteiger partial charge is 0.462 e. The summed E-state index contributed by atoms with van der Waals surface area (Å²) in [6.45, 7) is 0. The molecule has 4 nitrogen and oxygen atoms in total. The highest BCUT2D eigenvalue weighted by atomic mass is 79.9. The molecule has 0 saturated heterocycles. The summed E-state index contributed by atoms with van der Waals surface area (Å²) in [5.74, 6) is -0.201. The van der Waals surface area contributed by atoms with Crippen LogP contribution in [0.5, 0.6) is 0 Å². The van der Waals surface area contributed by atoms with Crippen LogP contribution in [-0.4, -0.2) is 12.0 Å². The van der Waals surface area contributed by atoms with E-state index < -0.39 is 5.78 Å². The smallest absolute Gasteiger partial charge is 0.364 e. The fourth-order valence-electron chi connectivity index (χ4n) is 1.84. The third kappa shape index (κ3) is 3.16. The van der Waals surface area contributed by atoms with Crippen molar-refractivity contribution in [1.29, 1.82) is 0 Å². The third-order valence-electron chi connectivity index (χ3n) is 2.82. The second-order valence-corrected chi connectivity index (χ2v) is 5.24. The number of nitrogens with one attached hydrogen (secondary N) is 1. The maximum atomic E-state index is 11.9. The molecule has 102 valence electrons. The number of anilines is 1. The van der Waals surface area contributed by atoms with E-state index in [1.54, 1.807) is 12.1 Å². The van der Waals surface area contributed by atoms with Gasteiger partial charge >= 0.3 is 11.5 Å². The predicted octanol–water partition coefficient (Wildman–Crippen LogP) is 4.35. The van der Waals surface area contributed by atoms with Crippen molar-refractivity contribution in [3.8, 4) is 0 Å². The number of fused-ring (bicyclic) bond motifs is 1. The van der Waals surface area contributed by atoms with Crippen molar-refractivity contribution in [2.24, 2.45) is 5.10 Å². The number of Topliss-reactive ketones (excluding diaryl/α,β-unsaturated/α-hetero) is 1. The molecule has 5 heteroatoms. The van der Waals surface area contributed by atoms with E-state index in [1.165, 1.54) is 0 Å². The second-order valence-electron chi connectivity index (χ2n) is 4.32. The van der Waals surface area contributed by atoms with Crippen LogP contribution in [0.25, 0.3) is 11.0 Å². The summed E-state index contributed by atoms with van der Waals surface area (Å²) < 4.78 is 6.40. The van der Waals surface area contributed by atoms with E-state index in [4.69, 9.17) is 4.42 Å². The molecule has 0 aliphatic rings. The van der Waals surface area contributed by atoms with Crippen LogP contribution in [0.3, 0.4) is 0 Å². The normalized spacial score (nSPS) is 10.7. The average Bonchev–Trinajstić information content (AvgIpc) is 2.91. The SMILES string of the molecule is O=C([C+]=NNc1ccccc1)c1cc2cc(Br)ccc2o1. The van der Waals surface area contributed by atoms with E-state index in [-0.39, 0.29) is 5.76 Å². The molecule has 0 saturated carbocycles. The van der Waals surface area contributed by atoms with Crippen molar-refractivity contribution >= 4 is 44.6 Å². The number of para-hydroxylation sites is 1. The van der Waals surface area contributed by atoms with E-state index in [1.807, 2.05) is 42.5 Å². The molecule has 0 radical (unpaired) electrons. The van der Waals surface area contributed by atoms with Gasteiger partial charge in [-0.3, -0.25) is 5.43 Å². The molecule has 1 aromatic heterocycles. The lowest BCUT2D eigenvalue weighted by molar-refractivity contribution is 0.104. The summed E-state index contributed by atoms with van der Waals surface area (Å²) >= 11 is 3.38. The summed E-state index contributed by atoms with van der Waals surface area (Å²) in [7, 11) is 0. The monoisotopic (exact) mass is 341 g/mol. The summed E-state index contributed by atoms with van der Waals surface area (Å²) in [6, 6.07) is 16.5. The van der Waals surface area contributed by atoms with Gasteiger partial charge in [0.25, 0.3) is 6.21 Å². The highest BCUT2D eigenvalue weighted by Crippen LogP contribution is 2.23. The fraction of sp³-hybridized carbons (Fsp3) is 0. The molecule has 0 unspecified atom stereocenters. The predicted molar refractivity (Wildman–Crippen MR) is 85.7 cm³/mol. The van der Waals surface area contributed by atoms with Gasteiger partial charge in [0.1, 0.15) is 0 Å². The quantitative estimate of drug-likeness (QED) is 0.332. The Morgan fingerprint density at radius 2 is 1.95 bits per heavy atom. The van der Waals surface area contributed by atoms with E-state index >= 15 is 0 Å². The van der Waals surface area contributed by atoms with Crippen molar-refractivity contribution in [1.82, 2.24) is 0 Å². The zero-order valence-electron chi connectivity index (χ0n) is 10.8. The van der Waals surface area contributed by atoms with Crippen molar-refractivity contribution in [2.75, 3.05) is 5.43 Å². The van der Waals surface area contributed by atoms with Gasteiger partial charge in [-0.25, -0.2) is 4.79 Å². The molecule has 2 aromatic carbocycles. The maximum Gasteiger partial charge on any atom is 0.462 e. The van der Waals surface area contributed by atoms with E-state index in [2.05, 4.69) is 32.7 Å². The first kappa shape index (κ1) is 13.5. The number of halogens is 1. The number of carbonyl (C=O) groups excluding carboxylic acids is 1. The Morgan fingerprint density at radius 1 is 1.14 bits per heavy atom. The number of ketones is 1. The fourth-order valence-corrected chi connectivity index (χ4v) is 2.22. The van der Waals surface area contributed by atoms with Crippen LogP contribution in [0.2, 0.25) is 0 Å². The lowest BCUT2D eigenvalue weighted by atomic mass is 10.2. The van der Waals surface area contributed by atoms with Crippen molar-refractivity contribution < 1.29 is 9.21 Å². The minimum Gasteiger partial charge on any atom is -0.364 e. The lowest BCUT2D eigenvalue weighted by Gasteiger charge is -1.92. The summed E-state index contributed by atoms with van der Waals surface area (Å²) in [5.41, 5.74) is 4.17. The minimum absolute atomic E-state index is 0.210. The second kappa shape index (κ2) is 5.87. The van der Waals surface area contributed by atoms with Crippen LogP contribution in [0.1, 0.15) is 10.6 Å². The van der Waals surface area contributed by atoms with Gasteiger partial charge in [-0.2, -0.15) is 0 Å². The Morgan fingerprint density at radius 3 is 2.76 bits per heavy atom. The standard InChI is InChI=1S/C16H9BrN2O2/c17-12-6-7-15-11(8-12)9-16(21-15)14(20)10-18-19-13-4-2-1-3-5-13/h1-9H/p+1. The molecule has 1 heterocycles. The number of hydrogen-bond acceptors (Lipinski definition) is 4. The zero-order valence-corrected chi connectivity index (χ0v) is 12.4. The van der Waals surface area contributed by atoms with E-state index in [9.17, 15) is 4.79 Å². The zero-order chi connectivity index (χ0) is 14.7. The summed E-state index contributed by atoms with van der Waals surface area (Å²) in [5, 5.41) is 4.64. The highest BCUT2D eigenvalue weighted by Gasteiger charge is 2.23. The average molecular weight is 342 g/mol. The van der Waals surface area contributed by atoms with Crippen LogP contribution in [0.15, 0.2) is 68.6 Å². The van der Waals surface area contributed by atoms with Crippen LogP contribution < -0.4 is 5.43 Å². The Labute approximate surface area is 129 Å². The van der Waals surface area contributed by atoms with Crippen LogP contribution in [0.4, 0.5) is 5.69 Å². The molecule has 3 aromatic rings. The molecule has 3 rings (SSSR count). The molecule has 0 aliphatic carbocycles. The van der Waals surface area contributed by atoms with Crippen LogP contribution in [-0.2, 0) is 0 Å². The molecule has 21 heavy (non-hydrogen) atoms. The van der Waals surface area contributed by atoms with Gasteiger partial charge in [0.05, 0.1) is 11.8 Å². The van der Waals surface area contributed by atoms with Crippen molar-refractivity contribution in [2.45, 2.75) is 0 Å². The topological polar surface area (TPSA) is 54.6 Å². The van der Waals surface area contributed by atoms with Crippen LogP contribution >= 0.6 is 15.9 Å². The van der Waals surface area contributed by atoms with Crippen molar-refractivity contribution in [3.05, 3.63) is 64.8 Å². The van der Waals surface area contributed by atoms with Gasteiger partial charge < -0.3 is 4.42 Å². The Hall–Kier alpha value is -2.49. The molecule has 0 fully saturated rings. The molecule has 0 amide bonds. The van der Waals surface area contributed by atoms with Crippen molar-refractivity contribution in [3.63, 3.8) is 0 Å². The van der Waals surface area contributed by atoms with Gasteiger partial charge in [-0.15, -0.1) is 0 Å². The third-order valence-corrected chi connectivity index (χ3v) is 3.31. The molecule has 0 atom stereocenters. The first-order valence-electron chi connectivity index (χ1n) is 6.22. The molecular formula is C16H10BrN2O2+. The summed E-state index contributed by atoms with van der Waals surface area (Å²) in [6.07, 6.45) is 2.39. The number of nitrogens with zero attached hydrogens (tertiary/aromatic N) is 1. The lowest BCUT2D eigenvalue weighted by Crippen LogP contribution is -2.00.